The molecule has 116 valence electrons. The molecular weight excluding hydrogens is 280 g/mol. The summed E-state index contributed by atoms with van der Waals surface area (Å²) in [6, 6.07) is 9.74. The summed E-state index contributed by atoms with van der Waals surface area (Å²) in [7, 11) is 0. The lowest BCUT2D eigenvalue weighted by molar-refractivity contribution is 0.169. The zero-order chi connectivity index (χ0) is 14.5. The molecule has 0 aromatic heterocycles. The molecule has 1 aliphatic carbocycles. The van der Waals surface area contributed by atoms with Crippen molar-refractivity contribution in [2.24, 2.45) is 0 Å². The second-order valence-corrected chi connectivity index (χ2v) is 7.14. The number of rotatable bonds is 4. The molecule has 2 aliphatic rings. The van der Waals surface area contributed by atoms with E-state index in [1.165, 1.54) is 63.6 Å². The molecule has 0 spiro atoms. The predicted molar refractivity (Wildman–Crippen MR) is 89.8 cm³/mol. The fourth-order valence-corrected chi connectivity index (χ4v) is 4.04. The summed E-state index contributed by atoms with van der Waals surface area (Å²) in [6.45, 7) is 3.43. The number of hydrogen-bond acceptors (Lipinski definition) is 2. The van der Waals surface area contributed by atoms with Gasteiger partial charge in [0.1, 0.15) is 0 Å². The third kappa shape index (κ3) is 4.70. The highest BCUT2D eigenvalue weighted by molar-refractivity contribution is 6.30. The van der Waals surface area contributed by atoms with Gasteiger partial charge in [-0.05, 0) is 49.9 Å². The van der Waals surface area contributed by atoms with E-state index < -0.39 is 0 Å². The second-order valence-electron chi connectivity index (χ2n) is 6.71. The molecule has 3 rings (SSSR count). The molecule has 1 unspecified atom stereocenters. The number of likely N-dealkylation sites (tertiary alicyclic amines) is 1. The highest BCUT2D eigenvalue weighted by atomic mass is 35.5. The molecule has 1 saturated carbocycles. The van der Waals surface area contributed by atoms with Crippen molar-refractivity contribution in [3.05, 3.63) is 34.9 Å². The van der Waals surface area contributed by atoms with Gasteiger partial charge >= 0.3 is 0 Å². The van der Waals surface area contributed by atoms with Crippen molar-refractivity contribution >= 4 is 11.6 Å². The zero-order valence-corrected chi connectivity index (χ0v) is 13.6. The van der Waals surface area contributed by atoms with Gasteiger partial charge in [0.25, 0.3) is 0 Å². The zero-order valence-electron chi connectivity index (χ0n) is 12.9. The second kappa shape index (κ2) is 7.62. The summed E-state index contributed by atoms with van der Waals surface area (Å²) >= 11 is 6.09. The van der Waals surface area contributed by atoms with Crippen molar-refractivity contribution in [1.82, 2.24) is 10.2 Å². The van der Waals surface area contributed by atoms with Gasteiger partial charge in [0.2, 0.25) is 0 Å². The molecule has 2 nitrogen and oxygen atoms in total. The van der Waals surface area contributed by atoms with Crippen LogP contribution in [0.2, 0.25) is 5.02 Å². The number of hydrogen-bond donors (Lipinski definition) is 1. The standard InChI is InChI=1S/C18H27ClN2/c19-16-7-4-6-15(12-16)13-21-11-5-10-18(14-21)20-17-8-2-1-3-9-17/h4,6-7,12,17-18,20H,1-3,5,8-11,13-14H2. The van der Waals surface area contributed by atoms with E-state index in [4.69, 9.17) is 11.6 Å². The van der Waals surface area contributed by atoms with Crippen LogP contribution in [0.5, 0.6) is 0 Å². The van der Waals surface area contributed by atoms with Crippen molar-refractivity contribution in [3.63, 3.8) is 0 Å². The first-order valence-corrected chi connectivity index (χ1v) is 8.90. The van der Waals surface area contributed by atoms with Crippen molar-refractivity contribution in [3.8, 4) is 0 Å². The van der Waals surface area contributed by atoms with Gasteiger partial charge in [0, 0.05) is 30.2 Å². The van der Waals surface area contributed by atoms with Crippen molar-refractivity contribution in [2.75, 3.05) is 13.1 Å². The molecule has 0 amide bonds. The van der Waals surface area contributed by atoms with E-state index in [2.05, 4.69) is 28.4 Å². The maximum atomic E-state index is 6.09. The van der Waals surface area contributed by atoms with E-state index in [1.807, 2.05) is 6.07 Å². The Bertz CT molecular complexity index is 443. The van der Waals surface area contributed by atoms with Crippen LogP contribution < -0.4 is 5.32 Å². The number of nitrogens with zero attached hydrogens (tertiary/aromatic N) is 1. The smallest absolute Gasteiger partial charge is 0.0409 e. The van der Waals surface area contributed by atoms with Crippen LogP contribution in [0.25, 0.3) is 0 Å². The number of benzene rings is 1. The molecule has 2 fully saturated rings. The Hall–Kier alpha value is -0.570. The summed E-state index contributed by atoms with van der Waals surface area (Å²) < 4.78 is 0. The molecule has 0 bridgehead atoms. The van der Waals surface area contributed by atoms with E-state index in [0.29, 0.717) is 6.04 Å². The minimum absolute atomic E-state index is 0.682. The molecule has 1 atom stereocenters. The van der Waals surface area contributed by atoms with E-state index >= 15 is 0 Å². The summed E-state index contributed by atoms with van der Waals surface area (Å²) in [5.41, 5.74) is 1.33. The van der Waals surface area contributed by atoms with Crippen molar-refractivity contribution in [2.45, 2.75) is 63.6 Å². The Morgan fingerprint density at radius 2 is 1.86 bits per heavy atom. The van der Waals surface area contributed by atoms with Crippen LogP contribution in [0.1, 0.15) is 50.5 Å². The monoisotopic (exact) mass is 306 g/mol. The molecule has 1 heterocycles. The van der Waals surface area contributed by atoms with E-state index in [-0.39, 0.29) is 0 Å². The van der Waals surface area contributed by atoms with Crippen LogP contribution in [0.15, 0.2) is 24.3 Å². The number of halogens is 1. The van der Waals surface area contributed by atoms with Crippen LogP contribution in [0.4, 0.5) is 0 Å². The van der Waals surface area contributed by atoms with E-state index in [9.17, 15) is 0 Å². The molecule has 3 heteroatoms. The lowest BCUT2D eigenvalue weighted by atomic mass is 9.93. The average molecular weight is 307 g/mol. The van der Waals surface area contributed by atoms with E-state index in [0.717, 1.165) is 17.6 Å². The maximum absolute atomic E-state index is 6.09. The fourth-order valence-electron chi connectivity index (χ4n) is 3.83. The minimum Gasteiger partial charge on any atom is -0.310 e. The lowest BCUT2D eigenvalue weighted by Gasteiger charge is -2.36. The molecule has 0 radical (unpaired) electrons. The molecule has 1 saturated heterocycles. The van der Waals surface area contributed by atoms with Crippen LogP contribution in [-0.4, -0.2) is 30.1 Å². The largest absolute Gasteiger partial charge is 0.310 e. The Morgan fingerprint density at radius 1 is 1.05 bits per heavy atom. The Balaban J connectivity index is 1.50. The quantitative estimate of drug-likeness (QED) is 0.895. The first-order chi connectivity index (χ1) is 10.3. The van der Waals surface area contributed by atoms with Crippen molar-refractivity contribution < 1.29 is 0 Å². The van der Waals surface area contributed by atoms with Crippen LogP contribution >= 0.6 is 11.6 Å². The highest BCUT2D eigenvalue weighted by Crippen LogP contribution is 2.21. The topological polar surface area (TPSA) is 15.3 Å². The summed E-state index contributed by atoms with van der Waals surface area (Å²) in [5, 5.41) is 4.77. The third-order valence-electron chi connectivity index (χ3n) is 4.88. The van der Waals surface area contributed by atoms with Gasteiger partial charge in [-0.1, -0.05) is 43.0 Å². The molecule has 1 N–H and O–H groups in total. The maximum Gasteiger partial charge on any atom is 0.0409 e. The molecule has 1 aliphatic heterocycles. The van der Waals surface area contributed by atoms with Gasteiger partial charge in [-0.15, -0.1) is 0 Å². The van der Waals surface area contributed by atoms with Gasteiger partial charge in [-0.2, -0.15) is 0 Å². The molecule has 1 aromatic carbocycles. The van der Waals surface area contributed by atoms with Crippen molar-refractivity contribution in [1.29, 1.82) is 0 Å². The molecule has 1 aromatic rings. The molecule has 21 heavy (non-hydrogen) atoms. The minimum atomic E-state index is 0.682. The predicted octanol–water partition coefficient (Wildman–Crippen LogP) is 4.23. The fraction of sp³-hybridized carbons (Fsp3) is 0.667. The average Bonchev–Trinajstić information content (AvgIpc) is 2.49. The first kappa shape index (κ1) is 15.3. The lowest BCUT2D eigenvalue weighted by Crippen LogP contribution is -2.49. The van der Waals surface area contributed by atoms with Gasteiger partial charge in [0.05, 0.1) is 0 Å². The third-order valence-corrected chi connectivity index (χ3v) is 5.11. The molecular formula is C18H27ClN2. The Labute approximate surface area is 133 Å². The van der Waals surface area contributed by atoms with E-state index in [1.54, 1.807) is 0 Å². The number of nitrogens with one attached hydrogen (secondary N) is 1. The van der Waals surface area contributed by atoms with Gasteiger partial charge < -0.3 is 5.32 Å². The summed E-state index contributed by atoms with van der Waals surface area (Å²) in [5.74, 6) is 0. The summed E-state index contributed by atoms with van der Waals surface area (Å²) in [4.78, 5) is 2.58. The van der Waals surface area contributed by atoms with Crippen LogP contribution in [-0.2, 0) is 6.54 Å². The highest BCUT2D eigenvalue weighted by Gasteiger charge is 2.23. The Kier molecular flexibility index (Phi) is 5.56. The van der Waals surface area contributed by atoms with Gasteiger partial charge in [0.15, 0.2) is 0 Å². The van der Waals surface area contributed by atoms with Gasteiger partial charge in [-0.25, -0.2) is 0 Å². The normalized spacial score (nSPS) is 25.1. The first-order valence-electron chi connectivity index (χ1n) is 8.52. The van der Waals surface area contributed by atoms with Gasteiger partial charge in [-0.3, -0.25) is 4.90 Å². The van der Waals surface area contributed by atoms with Crippen LogP contribution in [0, 0.1) is 0 Å². The van der Waals surface area contributed by atoms with Crippen LogP contribution in [0.3, 0.4) is 0 Å². The summed E-state index contributed by atoms with van der Waals surface area (Å²) in [6.07, 6.45) is 9.67. The number of piperidine rings is 1. The SMILES string of the molecule is Clc1cccc(CN2CCCC(NC3CCCCC3)C2)c1. The Morgan fingerprint density at radius 3 is 2.67 bits per heavy atom.